The van der Waals surface area contributed by atoms with E-state index in [9.17, 15) is 9.18 Å². The fourth-order valence-corrected chi connectivity index (χ4v) is 1.94. The normalized spacial score (nSPS) is 19.5. The molecule has 0 radical (unpaired) electrons. The van der Waals surface area contributed by atoms with Crippen LogP contribution in [-0.2, 0) is 0 Å². The Hall–Kier alpha value is -1.62. The van der Waals surface area contributed by atoms with Gasteiger partial charge in [0.15, 0.2) is 0 Å². The molecule has 1 aromatic carbocycles. The van der Waals surface area contributed by atoms with Crippen molar-refractivity contribution in [3.63, 3.8) is 0 Å². The van der Waals surface area contributed by atoms with Crippen molar-refractivity contribution >= 4 is 6.03 Å². The molecular weight excluding hydrogens is 221 g/mol. The van der Waals surface area contributed by atoms with Crippen molar-refractivity contribution in [1.82, 2.24) is 15.5 Å². The molecule has 1 aliphatic rings. The second kappa shape index (κ2) is 5.14. The van der Waals surface area contributed by atoms with E-state index < -0.39 is 0 Å². The number of halogens is 1. The van der Waals surface area contributed by atoms with E-state index in [1.807, 2.05) is 13.1 Å². The Bertz CT molecular complexity index is 410. The van der Waals surface area contributed by atoms with E-state index in [-0.39, 0.29) is 17.9 Å². The Morgan fingerprint density at radius 1 is 1.59 bits per heavy atom. The number of urea groups is 1. The van der Waals surface area contributed by atoms with Crippen LogP contribution in [0.5, 0.6) is 0 Å². The Balaban J connectivity index is 2.03. The minimum atomic E-state index is -0.273. The summed E-state index contributed by atoms with van der Waals surface area (Å²) in [5, 5.41) is 5.85. The van der Waals surface area contributed by atoms with Gasteiger partial charge in [0.2, 0.25) is 0 Å². The molecule has 0 saturated carbocycles. The summed E-state index contributed by atoms with van der Waals surface area (Å²) in [6.07, 6.45) is 0. The van der Waals surface area contributed by atoms with Gasteiger partial charge in [0.25, 0.3) is 0 Å². The minimum absolute atomic E-state index is 0.0884. The molecule has 1 fully saturated rings. The smallest absolute Gasteiger partial charge is 0.318 e. The molecule has 1 unspecified atom stereocenters. The van der Waals surface area contributed by atoms with Crippen molar-refractivity contribution in [3.05, 3.63) is 35.6 Å². The minimum Gasteiger partial charge on any atom is -0.329 e. The van der Waals surface area contributed by atoms with Crippen LogP contribution in [-0.4, -0.2) is 37.6 Å². The van der Waals surface area contributed by atoms with Crippen LogP contribution in [0.2, 0.25) is 0 Å². The van der Waals surface area contributed by atoms with Crippen molar-refractivity contribution in [2.24, 2.45) is 0 Å². The number of amides is 2. The first-order chi connectivity index (χ1) is 8.20. The first-order valence-electron chi connectivity index (χ1n) is 5.66. The summed E-state index contributed by atoms with van der Waals surface area (Å²) < 4.78 is 13.1. The number of nitrogens with one attached hydrogen (secondary N) is 2. The lowest BCUT2D eigenvalue weighted by Crippen LogP contribution is -2.33. The summed E-state index contributed by atoms with van der Waals surface area (Å²) in [7, 11) is 1.85. The largest absolute Gasteiger partial charge is 0.329 e. The zero-order valence-corrected chi connectivity index (χ0v) is 9.74. The predicted molar refractivity (Wildman–Crippen MR) is 63.2 cm³/mol. The van der Waals surface area contributed by atoms with Crippen LogP contribution in [0.4, 0.5) is 9.18 Å². The highest BCUT2D eigenvalue weighted by Crippen LogP contribution is 2.20. The number of likely N-dealkylation sites (N-methyl/N-ethyl adjacent to an activating group) is 1. The van der Waals surface area contributed by atoms with Crippen LogP contribution in [0.15, 0.2) is 24.3 Å². The van der Waals surface area contributed by atoms with E-state index in [0.29, 0.717) is 13.1 Å². The Morgan fingerprint density at radius 3 is 3.12 bits per heavy atom. The maximum absolute atomic E-state index is 13.1. The lowest BCUT2D eigenvalue weighted by molar-refractivity contribution is 0.218. The molecule has 0 spiro atoms. The summed E-state index contributed by atoms with van der Waals surface area (Å²) in [4.78, 5) is 13.4. The van der Waals surface area contributed by atoms with Gasteiger partial charge in [-0.15, -0.1) is 0 Å². The molecule has 1 saturated heterocycles. The third-order valence-electron chi connectivity index (χ3n) is 2.87. The van der Waals surface area contributed by atoms with Gasteiger partial charge in [0.1, 0.15) is 5.82 Å². The molecule has 2 amide bonds. The quantitative estimate of drug-likeness (QED) is 0.824. The summed E-state index contributed by atoms with van der Waals surface area (Å²) in [5.41, 5.74) is 0.810. The molecular formula is C12H16FN3O. The first kappa shape index (κ1) is 11.9. The summed E-state index contributed by atoms with van der Waals surface area (Å²) in [6.45, 7) is 2.00. The van der Waals surface area contributed by atoms with E-state index in [4.69, 9.17) is 0 Å². The highest BCUT2D eigenvalue weighted by atomic mass is 19.1. The SMILES string of the molecule is CNCCN1CC(c2cccc(F)c2)NC1=O. The van der Waals surface area contributed by atoms with Gasteiger partial charge < -0.3 is 15.5 Å². The zero-order chi connectivity index (χ0) is 12.3. The van der Waals surface area contributed by atoms with Crippen molar-refractivity contribution in [2.75, 3.05) is 26.7 Å². The first-order valence-corrected chi connectivity index (χ1v) is 5.66. The second-order valence-corrected chi connectivity index (χ2v) is 4.11. The molecule has 2 N–H and O–H groups in total. The molecule has 0 aromatic heterocycles. The maximum atomic E-state index is 13.1. The number of benzene rings is 1. The molecule has 92 valence electrons. The monoisotopic (exact) mass is 237 g/mol. The molecule has 1 aliphatic heterocycles. The number of nitrogens with zero attached hydrogens (tertiary/aromatic N) is 1. The molecule has 2 rings (SSSR count). The standard InChI is InChI=1S/C12H16FN3O/c1-14-5-6-16-8-11(15-12(16)17)9-3-2-4-10(13)7-9/h2-4,7,11,14H,5-6,8H2,1H3,(H,15,17). The molecule has 0 aliphatic carbocycles. The third kappa shape index (κ3) is 2.74. The number of carbonyl (C=O) groups excluding carboxylic acids is 1. The van der Waals surface area contributed by atoms with Crippen LogP contribution < -0.4 is 10.6 Å². The van der Waals surface area contributed by atoms with Crippen molar-refractivity contribution in [3.8, 4) is 0 Å². The van der Waals surface area contributed by atoms with Crippen molar-refractivity contribution in [2.45, 2.75) is 6.04 Å². The maximum Gasteiger partial charge on any atom is 0.318 e. The zero-order valence-electron chi connectivity index (χ0n) is 9.74. The average Bonchev–Trinajstić information content (AvgIpc) is 2.68. The van der Waals surface area contributed by atoms with Gasteiger partial charge >= 0.3 is 6.03 Å². The van der Waals surface area contributed by atoms with Crippen LogP contribution in [0.25, 0.3) is 0 Å². The van der Waals surface area contributed by atoms with Crippen LogP contribution >= 0.6 is 0 Å². The lowest BCUT2D eigenvalue weighted by atomic mass is 10.1. The molecule has 5 heteroatoms. The Kier molecular flexibility index (Phi) is 3.58. The molecule has 0 bridgehead atoms. The van der Waals surface area contributed by atoms with E-state index in [2.05, 4.69) is 10.6 Å². The second-order valence-electron chi connectivity index (χ2n) is 4.11. The molecule has 1 heterocycles. The number of rotatable bonds is 4. The molecule has 4 nitrogen and oxygen atoms in total. The van der Waals surface area contributed by atoms with Gasteiger partial charge in [-0.1, -0.05) is 12.1 Å². The predicted octanol–water partition coefficient (Wildman–Crippen LogP) is 1.11. The number of hydrogen-bond acceptors (Lipinski definition) is 2. The van der Waals surface area contributed by atoms with Gasteiger partial charge in [0.05, 0.1) is 6.04 Å². The third-order valence-corrected chi connectivity index (χ3v) is 2.87. The Morgan fingerprint density at radius 2 is 2.41 bits per heavy atom. The van der Waals surface area contributed by atoms with Gasteiger partial charge in [-0.3, -0.25) is 0 Å². The fraction of sp³-hybridized carbons (Fsp3) is 0.417. The van der Waals surface area contributed by atoms with E-state index in [0.717, 1.165) is 12.1 Å². The van der Waals surface area contributed by atoms with E-state index in [1.54, 1.807) is 11.0 Å². The Labute approximate surface area is 99.8 Å². The molecule has 17 heavy (non-hydrogen) atoms. The summed E-state index contributed by atoms with van der Waals surface area (Å²) >= 11 is 0. The van der Waals surface area contributed by atoms with Gasteiger partial charge in [-0.05, 0) is 24.7 Å². The highest BCUT2D eigenvalue weighted by Gasteiger charge is 2.29. The molecule has 1 aromatic rings. The van der Waals surface area contributed by atoms with Crippen molar-refractivity contribution in [1.29, 1.82) is 0 Å². The number of carbonyl (C=O) groups is 1. The van der Waals surface area contributed by atoms with Gasteiger partial charge in [0, 0.05) is 19.6 Å². The average molecular weight is 237 g/mol. The molecule has 1 atom stereocenters. The lowest BCUT2D eigenvalue weighted by Gasteiger charge is -2.14. The fourth-order valence-electron chi connectivity index (χ4n) is 1.94. The van der Waals surface area contributed by atoms with Gasteiger partial charge in [-0.2, -0.15) is 0 Å². The van der Waals surface area contributed by atoms with Gasteiger partial charge in [-0.25, -0.2) is 9.18 Å². The summed E-state index contributed by atoms with van der Waals surface area (Å²) in [6, 6.07) is 6.15. The van der Waals surface area contributed by atoms with Crippen LogP contribution in [0.1, 0.15) is 11.6 Å². The van der Waals surface area contributed by atoms with E-state index >= 15 is 0 Å². The number of hydrogen-bond donors (Lipinski definition) is 2. The van der Waals surface area contributed by atoms with Crippen LogP contribution in [0.3, 0.4) is 0 Å². The topological polar surface area (TPSA) is 44.4 Å². The van der Waals surface area contributed by atoms with Crippen LogP contribution in [0, 0.1) is 5.82 Å². The van der Waals surface area contributed by atoms with Crippen molar-refractivity contribution < 1.29 is 9.18 Å². The highest BCUT2D eigenvalue weighted by molar-refractivity contribution is 5.77. The summed E-state index contributed by atoms with van der Waals surface area (Å²) in [5.74, 6) is -0.273. The van der Waals surface area contributed by atoms with E-state index in [1.165, 1.54) is 12.1 Å².